The SMILES string of the molecule is O=c1ccc(CNC[C@H](O)CPCC2CCCCC2)c[nH]1. The van der Waals surface area contributed by atoms with Gasteiger partial charge in [0.05, 0.1) is 6.10 Å². The number of hydrogen-bond donors (Lipinski definition) is 3. The topological polar surface area (TPSA) is 65.1 Å². The Morgan fingerprint density at radius 1 is 1.33 bits per heavy atom. The van der Waals surface area contributed by atoms with E-state index in [0.717, 1.165) is 26.2 Å². The molecule has 0 radical (unpaired) electrons. The summed E-state index contributed by atoms with van der Waals surface area (Å²) in [6, 6.07) is 3.34. The predicted molar refractivity (Wildman–Crippen MR) is 89.4 cm³/mol. The van der Waals surface area contributed by atoms with E-state index in [1.165, 1.54) is 44.3 Å². The van der Waals surface area contributed by atoms with Crippen LogP contribution >= 0.6 is 8.58 Å². The molecule has 1 unspecified atom stereocenters. The Kier molecular flexibility index (Phi) is 7.42. The molecule has 1 heterocycles. The Morgan fingerprint density at radius 3 is 2.86 bits per heavy atom. The van der Waals surface area contributed by atoms with Crippen molar-refractivity contribution in [3.8, 4) is 0 Å². The van der Waals surface area contributed by atoms with Crippen molar-refractivity contribution in [2.45, 2.75) is 44.8 Å². The molecular formula is C16H27N2O2P. The maximum atomic E-state index is 10.9. The molecule has 1 aromatic rings. The Hall–Kier alpha value is -0.700. The number of rotatable bonds is 8. The van der Waals surface area contributed by atoms with Crippen molar-refractivity contribution >= 4 is 8.58 Å². The van der Waals surface area contributed by atoms with Crippen LogP contribution in [0.5, 0.6) is 0 Å². The second-order valence-corrected chi connectivity index (χ2v) is 7.32. The Bertz CT molecular complexity index is 437. The highest BCUT2D eigenvalue weighted by atomic mass is 31.1. The van der Waals surface area contributed by atoms with E-state index in [-0.39, 0.29) is 11.7 Å². The number of H-pyrrole nitrogens is 1. The van der Waals surface area contributed by atoms with Crippen LogP contribution < -0.4 is 10.9 Å². The van der Waals surface area contributed by atoms with Crippen molar-refractivity contribution < 1.29 is 5.11 Å². The van der Waals surface area contributed by atoms with E-state index in [1.807, 2.05) is 6.07 Å². The van der Waals surface area contributed by atoms with Crippen molar-refractivity contribution in [1.29, 1.82) is 0 Å². The fourth-order valence-corrected chi connectivity index (χ4v) is 4.31. The minimum atomic E-state index is -0.255. The van der Waals surface area contributed by atoms with E-state index >= 15 is 0 Å². The highest BCUT2D eigenvalue weighted by molar-refractivity contribution is 7.38. The van der Waals surface area contributed by atoms with Gasteiger partial charge in [0.2, 0.25) is 5.56 Å². The van der Waals surface area contributed by atoms with Crippen molar-refractivity contribution in [1.82, 2.24) is 10.3 Å². The van der Waals surface area contributed by atoms with Crippen molar-refractivity contribution in [3.63, 3.8) is 0 Å². The molecule has 1 aliphatic carbocycles. The smallest absolute Gasteiger partial charge is 0.247 e. The van der Waals surface area contributed by atoms with E-state index in [0.29, 0.717) is 13.1 Å². The molecule has 0 saturated heterocycles. The van der Waals surface area contributed by atoms with Crippen LogP contribution in [0.4, 0.5) is 0 Å². The van der Waals surface area contributed by atoms with Crippen LogP contribution in [0.25, 0.3) is 0 Å². The van der Waals surface area contributed by atoms with Gasteiger partial charge in [-0.1, -0.05) is 38.2 Å². The first kappa shape index (κ1) is 16.7. The molecule has 0 aromatic carbocycles. The molecule has 0 spiro atoms. The van der Waals surface area contributed by atoms with Gasteiger partial charge in [-0.2, -0.15) is 0 Å². The van der Waals surface area contributed by atoms with Crippen LogP contribution in [0.1, 0.15) is 37.7 Å². The first-order chi connectivity index (χ1) is 10.2. The average molecular weight is 310 g/mol. The Labute approximate surface area is 128 Å². The van der Waals surface area contributed by atoms with Gasteiger partial charge in [0.25, 0.3) is 0 Å². The quantitative estimate of drug-likeness (QED) is 0.644. The first-order valence-electron chi connectivity index (χ1n) is 8.01. The lowest BCUT2D eigenvalue weighted by Crippen LogP contribution is -2.28. The predicted octanol–water partition coefficient (Wildman–Crippen LogP) is 2.08. The van der Waals surface area contributed by atoms with E-state index in [2.05, 4.69) is 10.3 Å². The third-order valence-electron chi connectivity index (χ3n) is 4.10. The highest BCUT2D eigenvalue weighted by Gasteiger charge is 2.13. The summed E-state index contributed by atoms with van der Waals surface area (Å²) in [7, 11) is 0.882. The number of nitrogens with one attached hydrogen (secondary N) is 2. The van der Waals surface area contributed by atoms with Crippen LogP contribution in [0.3, 0.4) is 0 Å². The van der Waals surface area contributed by atoms with Crippen molar-refractivity contribution in [3.05, 3.63) is 34.2 Å². The third kappa shape index (κ3) is 6.73. The summed E-state index contributed by atoms with van der Waals surface area (Å²) < 4.78 is 0. The minimum Gasteiger partial charge on any atom is -0.391 e. The van der Waals surface area contributed by atoms with Gasteiger partial charge in [0.15, 0.2) is 0 Å². The second kappa shape index (κ2) is 9.34. The summed E-state index contributed by atoms with van der Waals surface area (Å²) >= 11 is 0. The maximum absolute atomic E-state index is 10.9. The molecule has 0 aliphatic heterocycles. The molecule has 2 atom stereocenters. The monoisotopic (exact) mass is 310 g/mol. The van der Waals surface area contributed by atoms with Gasteiger partial charge in [-0.25, -0.2) is 0 Å². The Balaban J connectivity index is 1.53. The zero-order valence-corrected chi connectivity index (χ0v) is 13.6. The van der Waals surface area contributed by atoms with Gasteiger partial charge in [-0.15, -0.1) is 8.58 Å². The van der Waals surface area contributed by atoms with Crippen LogP contribution in [0, 0.1) is 5.92 Å². The second-order valence-electron chi connectivity index (χ2n) is 6.01. The summed E-state index contributed by atoms with van der Waals surface area (Å²) in [5, 5.41) is 13.2. The third-order valence-corrected chi connectivity index (χ3v) is 5.72. The first-order valence-corrected chi connectivity index (χ1v) is 9.42. The Morgan fingerprint density at radius 2 is 2.14 bits per heavy atom. The zero-order valence-electron chi connectivity index (χ0n) is 12.6. The molecule has 4 nitrogen and oxygen atoms in total. The highest BCUT2D eigenvalue weighted by Crippen LogP contribution is 2.29. The molecule has 1 aromatic heterocycles. The van der Waals surface area contributed by atoms with E-state index in [9.17, 15) is 9.90 Å². The molecule has 5 heteroatoms. The van der Waals surface area contributed by atoms with Gasteiger partial charge in [-0.3, -0.25) is 4.79 Å². The lowest BCUT2D eigenvalue weighted by atomic mass is 9.91. The number of pyridine rings is 1. The average Bonchev–Trinajstić information content (AvgIpc) is 2.50. The maximum Gasteiger partial charge on any atom is 0.247 e. The van der Waals surface area contributed by atoms with Crippen LogP contribution in [0.15, 0.2) is 23.1 Å². The fraction of sp³-hybridized carbons (Fsp3) is 0.688. The van der Waals surface area contributed by atoms with E-state index in [1.54, 1.807) is 6.20 Å². The zero-order chi connectivity index (χ0) is 14.9. The minimum absolute atomic E-state index is 0.0808. The summed E-state index contributed by atoms with van der Waals surface area (Å²) in [5.74, 6) is 0.915. The van der Waals surface area contributed by atoms with Crippen LogP contribution in [0.2, 0.25) is 0 Å². The van der Waals surface area contributed by atoms with Gasteiger partial charge >= 0.3 is 0 Å². The lowest BCUT2D eigenvalue weighted by Gasteiger charge is -2.22. The van der Waals surface area contributed by atoms with Crippen LogP contribution in [-0.2, 0) is 6.54 Å². The summed E-state index contributed by atoms with van der Waals surface area (Å²) in [6.45, 7) is 1.30. The van der Waals surface area contributed by atoms with Crippen molar-refractivity contribution in [2.75, 3.05) is 18.9 Å². The normalized spacial score (nSPS) is 18.3. The van der Waals surface area contributed by atoms with Gasteiger partial charge < -0.3 is 15.4 Å². The summed E-state index contributed by atoms with van der Waals surface area (Å²) in [5.41, 5.74) is 0.953. The number of aromatic amines is 1. The van der Waals surface area contributed by atoms with E-state index < -0.39 is 0 Å². The standard InChI is InChI=1S/C16H27N2O2P/c19-15(12-21-11-13-4-2-1-3-5-13)10-17-8-14-6-7-16(20)18-9-14/h6-7,9,13,15,17,19,21H,1-5,8,10-12H2,(H,18,20)/t15-/m0/s1. The van der Waals surface area contributed by atoms with Gasteiger partial charge in [0.1, 0.15) is 0 Å². The number of aliphatic hydroxyl groups is 1. The fourth-order valence-electron chi connectivity index (χ4n) is 2.85. The molecule has 0 amide bonds. The molecular weight excluding hydrogens is 283 g/mol. The largest absolute Gasteiger partial charge is 0.391 e. The molecule has 118 valence electrons. The van der Waals surface area contributed by atoms with Crippen molar-refractivity contribution in [2.24, 2.45) is 5.92 Å². The molecule has 3 N–H and O–H groups in total. The van der Waals surface area contributed by atoms with E-state index in [4.69, 9.17) is 0 Å². The van der Waals surface area contributed by atoms with Gasteiger partial charge in [-0.05, 0) is 23.8 Å². The lowest BCUT2D eigenvalue weighted by molar-refractivity contribution is 0.194. The van der Waals surface area contributed by atoms with Gasteiger partial charge in [0, 0.05) is 25.4 Å². The summed E-state index contributed by atoms with van der Waals surface area (Å²) in [6.07, 6.45) is 10.7. The molecule has 1 aliphatic rings. The summed E-state index contributed by atoms with van der Waals surface area (Å²) in [4.78, 5) is 13.6. The number of hydrogen-bond acceptors (Lipinski definition) is 3. The van der Waals surface area contributed by atoms with Crippen LogP contribution in [-0.4, -0.2) is 35.1 Å². The number of aromatic nitrogens is 1. The molecule has 2 rings (SSSR count). The molecule has 21 heavy (non-hydrogen) atoms. The molecule has 1 saturated carbocycles. The number of aliphatic hydroxyl groups excluding tert-OH is 1. The molecule has 0 bridgehead atoms. The molecule has 1 fully saturated rings.